The lowest BCUT2D eigenvalue weighted by Crippen LogP contribution is -2.17. The van der Waals surface area contributed by atoms with Gasteiger partial charge in [0.15, 0.2) is 0 Å². The maximum absolute atomic E-state index is 10.4. The summed E-state index contributed by atoms with van der Waals surface area (Å²) in [4.78, 5) is 0. The normalized spacial score (nSPS) is 15.1. The van der Waals surface area contributed by atoms with Crippen LogP contribution in [0.2, 0.25) is 0 Å². The van der Waals surface area contributed by atoms with Gasteiger partial charge < -0.3 is 0 Å². The lowest BCUT2D eigenvalue weighted by atomic mass is 10.1. The number of nitrogens with two attached hydrogens (primary N) is 1. The molecule has 0 aromatic heterocycles. The minimum Gasteiger partial charge on any atom is -0.229 e. The smallest absolute Gasteiger partial charge is 0.209 e. The van der Waals surface area contributed by atoms with Crippen LogP contribution in [0.1, 0.15) is 26.7 Å². The van der Waals surface area contributed by atoms with E-state index in [1.165, 1.54) is 0 Å². The van der Waals surface area contributed by atoms with E-state index in [0.717, 1.165) is 6.42 Å². The van der Waals surface area contributed by atoms with Crippen LogP contribution in [-0.2, 0) is 10.0 Å². The van der Waals surface area contributed by atoms with E-state index in [2.05, 4.69) is 0 Å². The molecular formula is C6H15NO2S. The Morgan fingerprint density at radius 3 is 2.30 bits per heavy atom. The summed E-state index contributed by atoms with van der Waals surface area (Å²) in [5.41, 5.74) is 0. The van der Waals surface area contributed by atoms with Crippen LogP contribution in [0.25, 0.3) is 0 Å². The zero-order valence-electron chi connectivity index (χ0n) is 6.50. The van der Waals surface area contributed by atoms with Crippen LogP contribution in [0, 0.1) is 5.92 Å². The van der Waals surface area contributed by atoms with Crippen molar-refractivity contribution in [1.29, 1.82) is 0 Å². The number of primary sulfonamides is 1. The molecule has 0 fully saturated rings. The first-order chi connectivity index (χ1) is 4.45. The fourth-order valence-corrected chi connectivity index (χ4v) is 1.30. The summed E-state index contributed by atoms with van der Waals surface area (Å²) in [6.07, 6.45) is 1.69. The Morgan fingerprint density at radius 2 is 2.00 bits per heavy atom. The molecule has 0 spiro atoms. The Labute approximate surface area is 62.7 Å². The lowest BCUT2D eigenvalue weighted by Gasteiger charge is -2.05. The first-order valence-corrected chi connectivity index (χ1v) is 5.17. The molecular weight excluding hydrogens is 150 g/mol. The Hall–Kier alpha value is -0.0900. The molecule has 10 heavy (non-hydrogen) atoms. The standard InChI is InChI=1S/C6H15NO2S/c1-3-6(2)4-5-10(7,8)9/h6H,3-5H2,1-2H3,(H2,7,8,9). The maximum atomic E-state index is 10.4. The largest absolute Gasteiger partial charge is 0.229 e. The molecule has 2 N–H and O–H groups in total. The van der Waals surface area contributed by atoms with Gasteiger partial charge in [-0.3, -0.25) is 0 Å². The monoisotopic (exact) mass is 165 g/mol. The molecule has 1 atom stereocenters. The average molecular weight is 165 g/mol. The van der Waals surface area contributed by atoms with Crippen molar-refractivity contribution in [1.82, 2.24) is 0 Å². The quantitative estimate of drug-likeness (QED) is 0.667. The predicted molar refractivity (Wildman–Crippen MR) is 42.0 cm³/mol. The van der Waals surface area contributed by atoms with E-state index < -0.39 is 10.0 Å². The van der Waals surface area contributed by atoms with Crippen molar-refractivity contribution in [3.63, 3.8) is 0 Å². The summed E-state index contributed by atoms with van der Waals surface area (Å²) in [6.45, 7) is 4.05. The van der Waals surface area contributed by atoms with Crippen LogP contribution in [-0.4, -0.2) is 14.2 Å². The summed E-state index contributed by atoms with van der Waals surface area (Å²) < 4.78 is 20.9. The highest BCUT2D eigenvalue weighted by Crippen LogP contribution is 2.06. The Balaban J connectivity index is 3.56. The van der Waals surface area contributed by atoms with Crippen LogP contribution in [0.15, 0.2) is 0 Å². The van der Waals surface area contributed by atoms with Gasteiger partial charge in [-0.15, -0.1) is 0 Å². The summed E-state index contributed by atoms with van der Waals surface area (Å²) in [7, 11) is -3.23. The Bertz CT molecular complexity index is 174. The van der Waals surface area contributed by atoms with Crippen molar-refractivity contribution in [2.24, 2.45) is 11.1 Å². The molecule has 0 amide bonds. The molecule has 3 nitrogen and oxygen atoms in total. The van der Waals surface area contributed by atoms with Crippen molar-refractivity contribution >= 4 is 10.0 Å². The van der Waals surface area contributed by atoms with Gasteiger partial charge in [0.1, 0.15) is 0 Å². The fraction of sp³-hybridized carbons (Fsp3) is 1.00. The van der Waals surface area contributed by atoms with Gasteiger partial charge >= 0.3 is 0 Å². The molecule has 0 aromatic carbocycles. The van der Waals surface area contributed by atoms with E-state index in [-0.39, 0.29) is 5.75 Å². The second kappa shape index (κ2) is 3.93. The second-order valence-electron chi connectivity index (χ2n) is 2.67. The first kappa shape index (κ1) is 9.91. The SMILES string of the molecule is CCC(C)CCS(N)(=O)=O. The number of hydrogen-bond acceptors (Lipinski definition) is 2. The van der Waals surface area contributed by atoms with E-state index in [4.69, 9.17) is 5.14 Å². The zero-order chi connectivity index (χ0) is 8.20. The molecule has 0 aromatic rings. The molecule has 0 aliphatic rings. The number of sulfonamides is 1. The van der Waals surface area contributed by atoms with Gasteiger partial charge in [0.05, 0.1) is 5.75 Å². The van der Waals surface area contributed by atoms with E-state index in [0.29, 0.717) is 12.3 Å². The van der Waals surface area contributed by atoms with Gasteiger partial charge in [0.25, 0.3) is 0 Å². The zero-order valence-corrected chi connectivity index (χ0v) is 7.32. The minimum atomic E-state index is -3.23. The molecule has 0 aliphatic heterocycles. The van der Waals surface area contributed by atoms with E-state index in [1.54, 1.807) is 0 Å². The first-order valence-electron chi connectivity index (χ1n) is 3.46. The van der Waals surface area contributed by atoms with E-state index in [9.17, 15) is 8.42 Å². The topological polar surface area (TPSA) is 60.2 Å². The highest BCUT2D eigenvalue weighted by Gasteiger charge is 2.05. The van der Waals surface area contributed by atoms with Crippen LogP contribution in [0.5, 0.6) is 0 Å². The van der Waals surface area contributed by atoms with Crippen molar-refractivity contribution in [2.75, 3.05) is 5.75 Å². The van der Waals surface area contributed by atoms with E-state index in [1.807, 2.05) is 13.8 Å². The van der Waals surface area contributed by atoms with Gasteiger partial charge in [-0.2, -0.15) is 0 Å². The predicted octanol–water partition coefficient (Wildman–Crippen LogP) is 0.711. The van der Waals surface area contributed by atoms with Crippen LogP contribution in [0.3, 0.4) is 0 Å². The summed E-state index contributed by atoms with van der Waals surface area (Å²) in [5.74, 6) is 0.570. The molecule has 4 heteroatoms. The van der Waals surface area contributed by atoms with E-state index >= 15 is 0 Å². The van der Waals surface area contributed by atoms with Crippen molar-refractivity contribution in [3.05, 3.63) is 0 Å². The van der Waals surface area contributed by atoms with Crippen LogP contribution >= 0.6 is 0 Å². The van der Waals surface area contributed by atoms with Gasteiger partial charge in [-0.1, -0.05) is 20.3 Å². The Kier molecular flexibility index (Phi) is 3.89. The third kappa shape index (κ3) is 6.04. The van der Waals surface area contributed by atoms with Crippen LogP contribution < -0.4 is 5.14 Å². The molecule has 0 saturated carbocycles. The number of rotatable bonds is 4. The molecule has 0 aliphatic carbocycles. The molecule has 1 unspecified atom stereocenters. The van der Waals surface area contributed by atoms with Gasteiger partial charge in [0, 0.05) is 0 Å². The fourth-order valence-electron chi connectivity index (χ4n) is 0.570. The van der Waals surface area contributed by atoms with Crippen molar-refractivity contribution < 1.29 is 8.42 Å². The third-order valence-corrected chi connectivity index (χ3v) is 2.40. The van der Waals surface area contributed by atoms with Crippen molar-refractivity contribution in [3.8, 4) is 0 Å². The molecule has 0 rings (SSSR count). The van der Waals surface area contributed by atoms with Crippen molar-refractivity contribution in [2.45, 2.75) is 26.7 Å². The summed E-state index contributed by atoms with van der Waals surface area (Å²) in [6, 6.07) is 0. The Morgan fingerprint density at radius 1 is 1.50 bits per heavy atom. The highest BCUT2D eigenvalue weighted by molar-refractivity contribution is 7.89. The highest BCUT2D eigenvalue weighted by atomic mass is 32.2. The average Bonchev–Trinajstić information content (AvgIpc) is 1.81. The molecule has 0 heterocycles. The van der Waals surface area contributed by atoms with Gasteiger partial charge in [0.2, 0.25) is 10.0 Å². The minimum absolute atomic E-state index is 0.113. The van der Waals surface area contributed by atoms with Gasteiger partial charge in [-0.05, 0) is 12.3 Å². The number of hydrogen-bond donors (Lipinski definition) is 1. The molecule has 62 valence electrons. The van der Waals surface area contributed by atoms with Gasteiger partial charge in [-0.25, -0.2) is 13.6 Å². The third-order valence-electron chi connectivity index (χ3n) is 1.59. The summed E-state index contributed by atoms with van der Waals surface area (Å²) >= 11 is 0. The summed E-state index contributed by atoms with van der Waals surface area (Å²) in [5, 5.41) is 4.81. The van der Waals surface area contributed by atoms with Crippen LogP contribution in [0.4, 0.5) is 0 Å². The second-order valence-corrected chi connectivity index (χ2v) is 4.40. The molecule has 0 bridgehead atoms. The maximum Gasteiger partial charge on any atom is 0.209 e. The lowest BCUT2D eigenvalue weighted by molar-refractivity contribution is 0.532. The molecule has 0 radical (unpaired) electrons. The molecule has 0 saturated heterocycles.